The molecule has 0 saturated heterocycles. The van der Waals surface area contributed by atoms with Gasteiger partial charge in [0.05, 0.1) is 22.1 Å². The lowest BCUT2D eigenvalue weighted by Gasteiger charge is -2.34. The van der Waals surface area contributed by atoms with Gasteiger partial charge in [0, 0.05) is 53.1 Å². The molecule has 2 nitrogen and oxygen atoms in total. The average molecular weight is 773 g/mol. The van der Waals surface area contributed by atoms with E-state index in [1.54, 1.807) is 0 Å². The van der Waals surface area contributed by atoms with Crippen LogP contribution in [-0.2, 0) is 0 Å². The Morgan fingerprint density at radius 2 is 0.741 bits per heavy atom. The van der Waals surface area contributed by atoms with Crippen LogP contribution in [0.1, 0.15) is 0 Å². The van der Waals surface area contributed by atoms with Crippen LogP contribution in [0.25, 0.3) is 75.2 Å². The lowest BCUT2D eigenvalue weighted by atomic mass is 10.1. The van der Waals surface area contributed by atoms with Gasteiger partial charge >= 0.3 is 0 Å². The first kappa shape index (κ1) is 33.2. The molecule has 0 aliphatic rings. The van der Waals surface area contributed by atoms with Crippen LogP contribution in [0.2, 0.25) is 0 Å². The molecule has 0 spiro atoms. The fourth-order valence-corrected chi connectivity index (χ4v) is 15.8. The van der Waals surface area contributed by atoms with Crippen molar-refractivity contribution >= 4 is 104 Å². The first-order valence-electron chi connectivity index (χ1n) is 19.9. The second-order valence-corrected chi connectivity index (χ2v) is 20.2. The average Bonchev–Trinajstić information content (AvgIpc) is 3.95. The Balaban J connectivity index is 1.11. The number of rotatable bonds is 6. The Bertz CT molecular complexity index is 3430. The highest BCUT2D eigenvalue weighted by Gasteiger charge is 2.42. The van der Waals surface area contributed by atoms with E-state index in [9.17, 15) is 0 Å². The monoisotopic (exact) mass is 772 g/mol. The highest BCUT2D eigenvalue weighted by Crippen LogP contribution is 2.37. The number of hydrogen-bond donors (Lipinski definition) is 0. The van der Waals surface area contributed by atoms with E-state index in [1.807, 2.05) is 11.3 Å². The van der Waals surface area contributed by atoms with Gasteiger partial charge in [-0.15, -0.1) is 11.3 Å². The molecule has 0 bridgehead atoms. The Hall–Kier alpha value is -6.98. The summed E-state index contributed by atoms with van der Waals surface area (Å²) in [6, 6.07) is 81.6. The van der Waals surface area contributed by atoms with Crippen molar-refractivity contribution in [1.29, 1.82) is 0 Å². The van der Waals surface area contributed by atoms with Gasteiger partial charge in [0.1, 0.15) is 0 Å². The Kier molecular flexibility index (Phi) is 7.46. The third kappa shape index (κ3) is 4.83. The maximum absolute atomic E-state index is 2.85. The molecule has 0 radical (unpaired) electrons. The van der Waals surface area contributed by atoms with Crippen molar-refractivity contribution < 1.29 is 0 Å². The molecule has 12 rings (SSSR count). The van der Waals surface area contributed by atoms with Crippen molar-refractivity contribution in [3.63, 3.8) is 0 Å². The zero-order chi connectivity index (χ0) is 38.2. The molecular weight excluding hydrogens is 737 g/mol. The van der Waals surface area contributed by atoms with Gasteiger partial charge in [-0.3, -0.25) is 0 Å². The lowest BCUT2D eigenvalue weighted by Crippen LogP contribution is -2.74. The van der Waals surface area contributed by atoms with E-state index in [0.29, 0.717) is 0 Å². The minimum atomic E-state index is -2.85. The van der Waals surface area contributed by atoms with Crippen LogP contribution in [0.5, 0.6) is 0 Å². The minimum Gasteiger partial charge on any atom is -0.309 e. The summed E-state index contributed by atoms with van der Waals surface area (Å²) >= 11 is 1.90. The van der Waals surface area contributed by atoms with E-state index < -0.39 is 8.07 Å². The number of para-hydroxylation sites is 3. The molecule has 4 heteroatoms. The molecule has 3 aromatic heterocycles. The van der Waals surface area contributed by atoms with E-state index in [1.165, 1.54) is 90.2 Å². The third-order valence-electron chi connectivity index (χ3n) is 12.3. The highest BCUT2D eigenvalue weighted by molar-refractivity contribution is 7.26. The SMILES string of the molecule is c1ccc([Si](c2ccccc2)(c2cccc(-n3c4ccccc4c4cc(-n5c6ccccc6c6ccccc65)ccc43)c2)c2ccc3c(c2)sc2ccccc23)cc1. The molecule has 9 aromatic carbocycles. The molecular formula is C54H36N2SSi. The molecule has 0 amide bonds. The summed E-state index contributed by atoms with van der Waals surface area (Å²) in [7, 11) is -2.85. The van der Waals surface area contributed by atoms with Gasteiger partial charge in [0.15, 0.2) is 8.07 Å². The van der Waals surface area contributed by atoms with Gasteiger partial charge in [-0.1, -0.05) is 158 Å². The number of hydrogen-bond acceptors (Lipinski definition) is 1. The van der Waals surface area contributed by atoms with Gasteiger partial charge in [-0.05, 0) is 81.4 Å². The van der Waals surface area contributed by atoms with Crippen LogP contribution in [0.15, 0.2) is 218 Å². The summed E-state index contributed by atoms with van der Waals surface area (Å²) in [6.45, 7) is 0. The van der Waals surface area contributed by atoms with Crippen LogP contribution < -0.4 is 20.7 Å². The molecule has 0 unspecified atom stereocenters. The van der Waals surface area contributed by atoms with Crippen molar-refractivity contribution in [2.75, 3.05) is 0 Å². The van der Waals surface area contributed by atoms with E-state index in [4.69, 9.17) is 0 Å². The number of thiophene rings is 1. The molecule has 0 saturated carbocycles. The van der Waals surface area contributed by atoms with E-state index >= 15 is 0 Å². The third-order valence-corrected chi connectivity index (χ3v) is 18.1. The zero-order valence-electron chi connectivity index (χ0n) is 31.6. The van der Waals surface area contributed by atoms with Crippen molar-refractivity contribution in [1.82, 2.24) is 9.13 Å². The second kappa shape index (κ2) is 13.0. The van der Waals surface area contributed by atoms with E-state index in [-0.39, 0.29) is 0 Å². The van der Waals surface area contributed by atoms with Crippen LogP contribution >= 0.6 is 11.3 Å². The minimum absolute atomic E-state index is 1.16. The van der Waals surface area contributed by atoms with E-state index in [0.717, 1.165) is 5.69 Å². The quantitative estimate of drug-likeness (QED) is 0.118. The van der Waals surface area contributed by atoms with Crippen LogP contribution in [-0.4, -0.2) is 17.2 Å². The molecule has 0 atom stereocenters. The van der Waals surface area contributed by atoms with Gasteiger partial charge < -0.3 is 9.13 Å². The standard InChI is InChI=1S/C54H36N2SSi/c1-3-17-39(18-4-1)58(40-19-5-2-6-20-40,42-31-32-47-46-25-10-14-29-53(46)57-54(47)36-42)41-21-15-16-37(34-41)55-51-28-13-9-24-45(51)48-35-38(30-33-52(48)55)56-49-26-11-7-22-43(49)44-23-8-12-27-50(44)56/h1-36H. The highest BCUT2D eigenvalue weighted by atomic mass is 32.1. The molecule has 58 heavy (non-hydrogen) atoms. The Morgan fingerprint density at radius 3 is 1.38 bits per heavy atom. The molecule has 0 fully saturated rings. The summed E-state index contributed by atoms with van der Waals surface area (Å²) in [5, 5.41) is 13.2. The fraction of sp³-hybridized carbons (Fsp3) is 0. The first-order valence-corrected chi connectivity index (χ1v) is 22.7. The summed E-state index contributed by atoms with van der Waals surface area (Å²) in [6.07, 6.45) is 0. The predicted molar refractivity (Wildman–Crippen MR) is 252 cm³/mol. The van der Waals surface area contributed by atoms with Crippen molar-refractivity contribution in [3.8, 4) is 11.4 Å². The Morgan fingerprint density at radius 1 is 0.276 bits per heavy atom. The molecule has 3 heterocycles. The number of nitrogens with zero attached hydrogens (tertiary/aromatic N) is 2. The first-order chi connectivity index (χ1) is 28.8. The van der Waals surface area contributed by atoms with Gasteiger partial charge in [0.25, 0.3) is 0 Å². The number of fused-ring (bicyclic) bond motifs is 9. The summed E-state index contributed by atoms with van der Waals surface area (Å²) in [5.74, 6) is 0. The predicted octanol–water partition coefficient (Wildman–Crippen LogP) is 11.6. The summed E-state index contributed by atoms with van der Waals surface area (Å²) in [5.41, 5.74) is 7.17. The maximum atomic E-state index is 2.51. The van der Waals surface area contributed by atoms with Crippen LogP contribution in [0.3, 0.4) is 0 Å². The second-order valence-electron chi connectivity index (χ2n) is 15.3. The normalized spacial score (nSPS) is 12.1. The maximum Gasteiger partial charge on any atom is 0.179 e. The summed E-state index contributed by atoms with van der Waals surface area (Å²) in [4.78, 5) is 0. The molecule has 12 aromatic rings. The Labute approximate surface area is 341 Å². The van der Waals surface area contributed by atoms with Crippen molar-refractivity contribution in [2.24, 2.45) is 0 Å². The van der Waals surface area contributed by atoms with Gasteiger partial charge in [0.2, 0.25) is 0 Å². The van der Waals surface area contributed by atoms with Gasteiger partial charge in [-0.25, -0.2) is 0 Å². The zero-order valence-corrected chi connectivity index (χ0v) is 33.4. The topological polar surface area (TPSA) is 9.86 Å². The molecule has 0 aliphatic heterocycles. The lowest BCUT2D eigenvalue weighted by molar-refractivity contribution is 1.17. The number of benzene rings is 9. The van der Waals surface area contributed by atoms with Gasteiger partial charge in [-0.2, -0.15) is 0 Å². The van der Waals surface area contributed by atoms with Crippen LogP contribution in [0.4, 0.5) is 0 Å². The smallest absolute Gasteiger partial charge is 0.179 e. The fourth-order valence-electron chi connectivity index (χ4n) is 9.79. The van der Waals surface area contributed by atoms with Crippen LogP contribution in [0, 0.1) is 0 Å². The van der Waals surface area contributed by atoms with Crippen molar-refractivity contribution in [3.05, 3.63) is 218 Å². The number of aromatic nitrogens is 2. The molecule has 0 N–H and O–H groups in total. The molecule has 272 valence electrons. The van der Waals surface area contributed by atoms with E-state index in [2.05, 4.69) is 228 Å². The summed E-state index contributed by atoms with van der Waals surface area (Å²) < 4.78 is 7.56. The molecule has 0 aliphatic carbocycles. The largest absolute Gasteiger partial charge is 0.309 e. The van der Waals surface area contributed by atoms with Crippen molar-refractivity contribution in [2.45, 2.75) is 0 Å².